The number of benzene rings is 3. The first-order valence-corrected chi connectivity index (χ1v) is 30.6. The van der Waals surface area contributed by atoms with Crippen molar-refractivity contribution in [3.05, 3.63) is 108 Å². The van der Waals surface area contributed by atoms with Gasteiger partial charge in [-0.2, -0.15) is 9.97 Å². The van der Waals surface area contributed by atoms with Crippen molar-refractivity contribution in [2.75, 3.05) is 25.2 Å². The third-order valence-corrected chi connectivity index (χ3v) is 15.0. The Labute approximate surface area is 469 Å². The Bertz CT molecular complexity index is 2210. The summed E-state index contributed by atoms with van der Waals surface area (Å²) < 4.78 is 25.3. The second-order valence-electron chi connectivity index (χ2n) is 21.2. The zero-order valence-corrected chi connectivity index (χ0v) is 48.4. The van der Waals surface area contributed by atoms with Crippen molar-refractivity contribution in [2.24, 2.45) is 0 Å². The summed E-state index contributed by atoms with van der Waals surface area (Å²) in [6.45, 7) is 4.41. The minimum Gasteiger partial charge on any atom is -0.497 e. The van der Waals surface area contributed by atoms with Crippen molar-refractivity contribution in [2.45, 2.75) is 238 Å². The van der Waals surface area contributed by atoms with Crippen LogP contribution >= 0.6 is 11.6 Å². The maximum absolute atomic E-state index is 13.1. The lowest BCUT2D eigenvalue weighted by atomic mass is 9.96. The number of carbonyl (C=O) groups is 2. The molecular formula is C65H96ClN5O6. The highest BCUT2D eigenvalue weighted by Gasteiger charge is 2.29. The molecule has 424 valence electrons. The molecule has 2 aromatic heterocycles. The van der Waals surface area contributed by atoms with Gasteiger partial charge < -0.3 is 18.9 Å². The van der Waals surface area contributed by atoms with Gasteiger partial charge in [0.15, 0.2) is 10.8 Å². The molecule has 0 bridgehead atoms. The first-order chi connectivity index (χ1) is 37.9. The molecule has 0 spiro atoms. The standard InChI is InChI=1S/C65H96ClN5O6/c1-4-6-8-10-12-14-16-18-20-22-24-26-28-30-38-44-59(72)75-50-58(51-76-60(73)45-39-31-29-27-25-23-21-19-17-15-13-11-9-7-5-2)77-53-70-52-67-61-63(66)68-65(69-64(61)70)71(56-46-48-57(74-3)49-47-56)62(54-40-34-32-35-41-54)55-42-36-33-37-43-55/h32-37,40-43,46-49,52,58,62H,4-31,38-39,44-45,50-51,53H2,1-3H3. The molecule has 0 atom stereocenters. The number of fused-ring (bicyclic) bond motifs is 1. The van der Waals surface area contributed by atoms with Gasteiger partial charge in [0.05, 0.1) is 19.5 Å². The molecular weight excluding hydrogens is 982 g/mol. The summed E-state index contributed by atoms with van der Waals surface area (Å²) in [7, 11) is 1.64. The van der Waals surface area contributed by atoms with E-state index in [9.17, 15) is 9.59 Å². The van der Waals surface area contributed by atoms with Crippen molar-refractivity contribution in [3.8, 4) is 5.75 Å². The topological polar surface area (TPSA) is 118 Å². The highest BCUT2D eigenvalue weighted by atomic mass is 35.5. The number of halogens is 1. The fourth-order valence-electron chi connectivity index (χ4n) is 10.1. The number of methoxy groups -OCH3 is 1. The van der Waals surface area contributed by atoms with Gasteiger partial charge in [-0.1, -0.05) is 266 Å². The van der Waals surface area contributed by atoms with Crippen LogP contribution < -0.4 is 9.64 Å². The highest BCUT2D eigenvalue weighted by molar-refractivity contribution is 6.33. The molecule has 3 aromatic carbocycles. The quantitative estimate of drug-likeness (QED) is 0.0212. The Balaban J connectivity index is 1.17. The summed E-state index contributed by atoms with van der Waals surface area (Å²) in [5.41, 5.74) is 3.73. The first-order valence-electron chi connectivity index (χ1n) is 30.3. The van der Waals surface area contributed by atoms with Gasteiger partial charge in [-0.05, 0) is 48.2 Å². The Kier molecular flexibility index (Phi) is 32.1. The maximum Gasteiger partial charge on any atom is 0.305 e. The number of carbonyl (C=O) groups excluding carboxylic acids is 2. The average molecular weight is 1080 g/mol. The minimum atomic E-state index is -0.726. The monoisotopic (exact) mass is 1080 g/mol. The fraction of sp³-hybridized carbons (Fsp3) is 0.615. The number of hydrogen-bond donors (Lipinski definition) is 0. The minimum absolute atomic E-state index is 0.0233. The Morgan fingerprint density at radius 2 is 0.935 bits per heavy atom. The molecule has 0 aliphatic carbocycles. The molecule has 11 nitrogen and oxygen atoms in total. The molecule has 0 aliphatic heterocycles. The third kappa shape index (κ3) is 24.7. The number of aromatic nitrogens is 4. The van der Waals surface area contributed by atoms with E-state index in [2.05, 4.69) is 48.0 Å². The van der Waals surface area contributed by atoms with E-state index in [0.29, 0.717) is 30.0 Å². The van der Waals surface area contributed by atoms with Crippen LogP contribution in [0, 0.1) is 0 Å². The summed E-state index contributed by atoms with van der Waals surface area (Å²) in [4.78, 5) is 42.9. The van der Waals surface area contributed by atoms with Crippen molar-refractivity contribution in [1.82, 2.24) is 19.5 Å². The van der Waals surface area contributed by atoms with Gasteiger partial charge in [0.2, 0.25) is 5.95 Å². The van der Waals surface area contributed by atoms with Crippen LogP contribution in [-0.4, -0.2) is 57.9 Å². The van der Waals surface area contributed by atoms with Gasteiger partial charge in [0.1, 0.15) is 37.3 Å². The van der Waals surface area contributed by atoms with Crippen molar-refractivity contribution < 1.29 is 28.5 Å². The van der Waals surface area contributed by atoms with Crippen LogP contribution in [0.4, 0.5) is 11.6 Å². The predicted octanol–water partition coefficient (Wildman–Crippen LogP) is 18.4. The Morgan fingerprint density at radius 1 is 0.532 bits per heavy atom. The number of esters is 2. The summed E-state index contributed by atoms with van der Waals surface area (Å²) in [5.74, 6) is 0.513. The van der Waals surface area contributed by atoms with Crippen LogP contribution in [0.5, 0.6) is 5.75 Å². The van der Waals surface area contributed by atoms with Crippen molar-refractivity contribution in [1.29, 1.82) is 0 Å². The molecule has 0 radical (unpaired) electrons. The molecule has 5 rings (SSSR count). The van der Waals surface area contributed by atoms with Gasteiger partial charge in [-0.3, -0.25) is 19.1 Å². The van der Waals surface area contributed by atoms with Gasteiger partial charge in [0.25, 0.3) is 0 Å². The van der Waals surface area contributed by atoms with Crippen LogP contribution in [0.15, 0.2) is 91.3 Å². The van der Waals surface area contributed by atoms with Crippen LogP contribution in [0.2, 0.25) is 5.15 Å². The van der Waals surface area contributed by atoms with E-state index < -0.39 is 6.10 Å². The van der Waals surface area contributed by atoms with E-state index in [1.165, 1.54) is 154 Å². The SMILES string of the molecule is CCCCCCCCCCCCCCCCCC(=O)OCC(COC(=O)CCCCCCCCCCCCCCCCC)OCn1cnc2c(Cl)nc(N(c3ccc(OC)cc3)C(c3ccccc3)c3ccccc3)nc21. The normalized spacial score (nSPS) is 11.5. The number of hydrogen-bond acceptors (Lipinski definition) is 10. The lowest BCUT2D eigenvalue weighted by molar-refractivity contribution is -0.157. The van der Waals surface area contributed by atoms with E-state index in [0.717, 1.165) is 61.1 Å². The van der Waals surface area contributed by atoms with E-state index in [1.54, 1.807) is 18.0 Å². The molecule has 2 heterocycles. The molecule has 12 heteroatoms. The highest BCUT2D eigenvalue weighted by Crippen LogP contribution is 2.39. The van der Waals surface area contributed by atoms with Crippen molar-refractivity contribution in [3.63, 3.8) is 0 Å². The van der Waals surface area contributed by atoms with Crippen molar-refractivity contribution >= 4 is 46.3 Å². The second-order valence-corrected chi connectivity index (χ2v) is 21.5. The van der Waals surface area contributed by atoms with E-state index in [4.69, 9.17) is 40.5 Å². The van der Waals surface area contributed by atoms with E-state index in [-0.39, 0.29) is 43.1 Å². The van der Waals surface area contributed by atoms with Crippen LogP contribution in [0.3, 0.4) is 0 Å². The van der Waals surface area contributed by atoms with E-state index >= 15 is 0 Å². The molecule has 0 aliphatic rings. The van der Waals surface area contributed by atoms with E-state index in [1.807, 2.05) is 60.7 Å². The Hall–Kier alpha value is -5.00. The van der Waals surface area contributed by atoms with Gasteiger partial charge in [0, 0.05) is 18.5 Å². The third-order valence-electron chi connectivity index (χ3n) is 14.7. The summed E-state index contributed by atoms with van der Waals surface area (Å²) in [6.07, 6.45) is 39.4. The van der Waals surface area contributed by atoms with Crippen LogP contribution in [0.25, 0.3) is 11.2 Å². The molecule has 0 saturated heterocycles. The summed E-state index contributed by atoms with van der Waals surface area (Å²) in [6, 6.07) is 27.9. The molecule has 5 aromatic rings. The number of unbranched alkanes of at least 4 members (excludes halogenated alkanes) is 28. The lowest BCUT2D eigenvalue weighted by Crippen LogP contribution is -2.29. The number of imidazole rings is 1. The summed E-state index contributed by atoms with van der Waals surface area (Å²) in [5, 5.41) is 0.180. The van der Waals surface area contributed by atoms with Crippen LogP contribution in [-0.2, 0) is 30.5 Å². The zero-order valence-electron chi connectivity index (χ0n) is 47.6. The molecule has 0 saturated carbocycles. The lowest BCUT2D eigenvalue weighted by Gasteiger charge is -2.33. The molecule has 0 N–H and O–H groups in total. The molecule has 0 unspecified atom stereocenters. The molecule has 77 heavy (non-hydrogen) atoms. The van der Waals surface area contributed by atoms with Gasteiger partial charge >= 0.3 is 11.9 Å². The number of ether oxygens (including phenoxy) is 4. The summed E-state index contributed by atoms with van der Waals surface area (Å²) >= 11 is 6.99. The van der Waals surface area contributed by atoms with Gasteiger partial charge in [-0.15, -0.1) is 0 Å². The number of nitrogens with zero attached hydrogens (tertiary/aromatic N) is 5. The average Bonchev–Trinajstić information content (AvgIpc) is 3.89. The Morgan fingerprint density at radius 3 is 1.34 bits per heavy atom. The molecule has 0 amide bonds. The maximum atomic E-state index is 13.1. The number of rotatable bonds is 45. The van der Waals surface area contributed by atoms with Gasteiger partial charge in [-0.25, -0.2) is 4.98 Å². The zero-order chi connectivity index (χ0) is 54.4. The molecule has 0 fully saturated rings. The first kappa shape index (κ1) is 62.8. The largest absolute Gasteiger partial charge is 0.497 e. The van der Waals surface area contributed by atoms with Crippen LogP contribution in [0.1, 0.15) is 236 Å². The fourth-order valence-corrected chi connectivity index (χ4v) is 10.3. The predicted molar refractivity (Wildman–Crippen MR) is 316 cm³/mol. The smallest absolute Gasteiger partial charge is 0.305 e. The number of anilines is 2. The second kappa shape index (κ2) is 39.4.